The minimum absolute atomic E-state index is 0.00673. The number of pyridine rings is 1. The standard InChI is InChI=1S/C15H13Cl2N5O2/c16-12-4-1-5-13(17)14(12)24-9-11(23)8-22-20-15(19-21-22)10-3-2-6-18-7-10/h1-7,11,23H,8-9H2/t11-/m0/s1. The van der Waals surface area contributed by atoms with Gasteiger partial charge in [0.2, 0.25) is 5.82 Å². The van der Waals surface area contributed by atoms with E-state index in [1.165, 1.54) is 4.80 Å². The van der Waals surface area contributed by atoms with Crippen LogP contribution in [0.3, 0.4) is 0 Å². The molecule has 0 fully saturated rings. The lowest BCUT2D eigenvalue weighted by Gasteiger charge is -2.13. The quantitative estimate of drug-likeness (QED) is 0.721. The van der Waals surface area contributed by atoms with Crippen molar-refractivity contribution < 1.29 is 9.84 Å². The molecular weight excluding hydrogens is 353 g/mol. The maximum atomic E-state index is 10.1. The molecule has 0 aliphatic heterocycles. The third-order valence-corrected chi connectivity index (χ3v) is 3.68. The first-order chi connectivity index (χ1) is 11.6. The van der Waals surface area contributed by atoms with Crippen LogP contribution in [0.1, 0.15) is 0 Å². The summed E-state index contributed by atoms with van der Waals surface area (Å²) in [5.41, 5.74) is 0.748. The number of aliphatic hydroxyl groups excluding tert-OH is 1. The Morgan fingerprint density at radius 2 is 1.96 bits per heavy atom. The van der Waals surface area contributed by atoms with E-state index >= 15 is 0 Å². The molecule has 0 saturated heterocycles. The molecule has 0 spiro atoms. The Labute approximate surface area is 147 Å². The summed E-state index contributed by atoms with van der Waals surface area (Å²) in [4.78, 5) is 5.30. The van der Waals surface area contributed by atoms with Gasteiger partial charge < -0.3 is 9.84 Å². The number of aromatic nitrogens is 5. The number of rotatable bonds is 6. The SMILES string of the molecule is O[C@H](COc1c(Cl)cccc1Cl)Cn1nnc(-c2cccnc2)n1. The van der Waals surface area contributed by atoms with E-state index in [1.807, 2.05) is 6.07 Å². The zero-order valence-electron chi connectivity index (χ0n) is 12.4. The monoisotopic (exact) mass is 365 g/mol. The van der Waals surface area contributed by atoms with Gasteiger partial charge in [0.15, 0.2) is 5.75 Å². The van der Waals surface area contributed by atoms with Crippen molar-refractivity contribution in [3.63, 3.8) is 0 Å². The highest BCUT2D eigenvalue weighted by Crippen LogP contribution is 2.32. The predicted molar refractivity (Wildman–Crippen MR) is 89.0 cm³/mol. The second-order valence-electron chi connectivity index (χ2n) is 4.93. The van der Waals surface area contributed by atoms with Crippen LogP contribution in [0.25, 0.3) is 11.4 Å². The van der Waals surface area contributed by atoms with Gasteiger partial charge >= 0.3 is 0 Å². The summed E-state index contributed by atoms with van der Waals surface area (Å²) in [5.74, 6) is 0.771. The fourth-order valence-corrected chi connectivity index (χ4v) is 2.48. The first kappa shape index (κ1) is 16.6. The molecule has 2 aromatic heterocycles. The molecule has 7 nitrogen and oxygen atoms in total. The highest BCUT2D eigenvalue weighted by molar-refractivity contribution is 6.37. The molecule has 24 heavy (non-hydrogen) atoms. The van der Waals surface area contributed by atoms with Crippen LogP contribution >= 0.6 is 23.2 Å². The lowest BCUT2D eigenvalue weighted by atomic mass is 10.3. The third-order valence-electron chi connectivity index (χ3n) is 3.09. The molecule has 2 heterocycles. The van der Waals surface area contributed by atoms with Gasteiger partial charge in [-0.25, -0.2) is 0 Å². The van der Waals surface area contributed by atoms with E-state index in [9.17, 15) is 5.11 Å². The second-order valence-corrected chi connectivity index (χ2v) is 5.74. The molecule has 1 aromatic carbocycles. The van der Waals surface area contributed by atoms with Crippen LogP contribution in [0.2, 0.25) is 10.0 Å². The van der Waals surface area contributed by atoms with E-state index < -0.39 is 6.10 Å². The van der Waals surface area contributed by atoms with Gasteiger partial charge in [-0.1, -0.05) is 29.3 Å². The normalized spacial score (nSPS) is 12.1. The number of para-hydroxylation sites is 1. The van der Waals surface area contributed by atoms with E-state index in [0.717, 1.165) is 5.56 Å². The van der Waals surface area contributed by atoms with Crippen LogP contribution in [0.4, 0.5) is 0 Å². The van der Waals surface area contributed by atoms with Crippen molar-refractivity contribution in [2.24, 2.45) is 0 Å². The predicted octanol–water partition coefficient (Wildman–Crippen LogP) is 2.48. The summed E-state index contributed by atoms with van der Waals surface area (Å²) in [6.07, 6.45) is 2.45. The average Bonchev–Trinajstić information content (AvgIpc) is 3.03. The smallest absolute Gasteiger partial charge is 0.206 e. The molecule has 0 aliphatic carbocycles. The molecule has 0 amide bonds. The molecular formula is C15H13Cl2N5O2. The van der Waals surface area contributed by atoms with Gasteiger partial charge in [-0.15, -0.1) is 10.2 Å². The van der Waals surface area contributed by atoms with Crippen LogP contribution in [-0.2, 0) is 6.54 Å². The Morgan fingerprint density at radius 3 is 2.67 bits per heavy atom. The van der Waals surface area contributed by atoms with Crippen molar-refractivity contribution >= 4 is 23.2 Å². The van der Waals surface area contributed by atoms with Crippen molar-refractivity contribution in [2.75, 3.05) is 6.61 Å². The molecule has 3 aromatic rings. The van der Waals surface area contributed by atoms with E-state index in [4.69, 9.17) is 27.9 Å². The van der Waals surface area contributed by atoms with Crippen molar-refractivity contribution in [2.45, 2.75) is 12.6 Å². The minimum atomic E-state index is -0.853. The molecule has 9 heteroatoms. The Kier molecular flexibility index (Phi) is 5.24. The largest absolute Gasteiger partial charge is 0.488 e. The molecule has 1 N–H and O–H groups in total. The number of hydrogen-bond donors (Lipinski definition) is 1. The van der Waals surface area contributed by atoms with Gasteiger partial charge in [0.25, 0.3) is 0 Å². The first-order valence-electron chi connectivity index (χ1n) is 7.06. The van der Waals surface area contributed by atoms with Crippen molar-refractivity contribution in [3.05, 3.63) is 52.8 Å². The van der Waals surface area contributed by atoms with Gasteiger partial charge in [0.1, 0.15) is 12.7 Å². The van der Waals surface area contributed by atoms with Gasteiger partial charge in [0.05, 0.1) is 16.6 Å². The molecule has 0 aliphatic rings. The maximum absolute atomic E-state index is 10.1. The summed E-state index contributed by atoms with van der Waals surface area (Å²) in [7, 11) is 0. The van der Waals surface area contributed by atoms with E-state index in [-0.39, 0.29) is 13.2 Å². The van der Waals surface area contributed by atoms with Gasteiger partial charge in [-0.2, -0.15) is 4.80 Å². The van der Waals surface area contributed by atoms with Gasteiger partial charge in [-0.3, -0.25) is 4.98 Å². The number of halogens is 2. The van der Waals surface area contributed by atoms with Gasteiger partial charge in [-0.05, 0) is 29.5 Å². The Hall–Kier alpha value is -2.22. The fourth-order valence-electron chi connectivity index (χ4n) is 1.97. The average molecular weight is 366 g/mol. The van der Waals surface area contributed by atoms with Crippen LogP contribution in [0, 0.1) is 0 Å². The second kappa shape index (κ2) is 7.57. The maximum Gasteiger partial charge on any atom is 0.206 e. The zero-order valence-corrected chi connectivity index (χ0v) is 13.9. The Bertz CT molecular complexity index is 792. The molecule has 0 unspecified atom stereocenters. The van der Waals surface area contributed by atoms with E-state index in [2.05, 4.69) is 20.4 Å². The third kappa shape index (κ3) is 4.00. The van der Waals surface area contributed by atoms with Crippen LogP contribution in [0.5, 0.6) is 5.75 Å². The lowest BCUT2D eigenvalue weighted by Crippen LogP contribution is -2.25. The molecule has 0 radical (unpaired) electrons. The Morgan fingerprint density at radius 1 is 1.17 bits per heavy atom. The molecule has 3 rings (SSSR count). The number of nitrogens with zero attached hydrogens (tertiary/aromatic N) is 5. The van der Waals surface area contributed by atoms with E-state index in [1.54, 1.807) is 36.7 Å². The van der Waals surface area contributed by atoms with E-state index in [0.29, 0.717) is 21.6 Å². The van der Waals surface area contributed by atoms with Crippen molar-refractivity contribution in [1.29, 1.82) is 0 Å². The van der Waals surface area contributed by atoms with Crippen LogP contribution in [-0.4, -0.2) is 43.0 Å². The van der Waals surface area contributed by atoms with Crippen LogP contribution < -0.4 is 4.74 Å². The fraction of sp³-hybridized carbons (Fsp3) is 0.200. The highest BCUT2D eigenvalue weighted by Gasteiger charge is 2.13. The molecule has 124 valence electrons. The summed E-state index contributed by atoms with van der Waals surface area (Å²) in [6, 6.07) is 8.65. The summed E-state index contributed by atoms with van der Waals surface area (Å²) in [5, 5.41) is 22.9. The summed E-state index contributed by atoms with van der Waals surface area (Å²) in [6.45, 7) is 0.114. The molecule has 0 saturated carbocycles. The number of tetrazole rings is 1. The Balaban J connectivity index is 1.59. The molecule has 1 atom stereocenters. The van der Waals surface area contributed by atoms with Crippen LogP contribution in [0.15, 0.2) is 42.7 Å². The summed E-state index contributed by atoms with van der Waals surface area (Å²) >= 11 is 12.0. The highest BCUT2D eigenvalue weighted by atomic mass is 35.5. The summed E-state index contributed by atoms with van der Waals surface area (Å²) < 4.78 is 5.48. The number of ether oxygens (including phenoxy) is 1. The topological polar surface area (TPSA) is 86.0 Å². The zero-order chi connectivity index (χ0) is 16.9. The minimum Gasteiger partial charge on any atom is -0.488 e. The number of aliphatic hydroxyl groups is 1. The lowest BCUT2D eigenvalue weighted by molar-refractivity contribution is 0.0851. The number of benzene rings is 1. The molecule has 0 bridgehead atoms. The first-order valence-corrected chi connectivity index (χ1v) is 7.82. The number of hydrogen-bond acceptors (Lipinski definition) is 6. The van der Waals surface area contributed by atoms with Crippen molar-refractivity contribution in [1.82, 2.24) is 25.2 Å². The van der Waals surface area contributed by atoms with Gasteiger partial charge in [0, 0.05) is 18.0 Å². The van der Waals surface area contributed by atoms with Crippen molar-refractivity contribution in [3.8, 4) is 17.1 Å².